The molecular formula is C26H33N11O. The average molecular weight is 516 g/mol. The monoisotopic (exact) mass is 515 g/mol. The van der Waals surface area contributed by atoms with Crippen molar-refractivity contribution >= 4 is 46.0 Å². The molecule has 2 fully saturated rings. The summed E-state index contributed by atoms with van der Waals surface area (Å²) < 4.78 is 0. The SMILES string of the molecule is Cc1ccc(C(=O)NC(=N)C=C(N)C(C)(C)C)cc1Nc1ncnc2c(N)nc(N3C[C@@H]4C[C@H]3CN4)nc12. The normalized spacial score (nSPS) is 19.2. The zero-order chi connectivity index (χ0) is 27.2. The van der Waals surface area contributed by atoms with Crippen molar-refractivity contribution < 1.29 is 4.79 Å². The molecule has 2 aliphatic rings. The number of hydrogen-bond acceptors (Lipinski definition) is 11. The van der Waals surface area contributed by atoms with E-state index in [2.05, 4.69) is 35.8 Å². The molecule has 0 unspecified atom stereocenters. The van der Waals surface area contributed by atoms with Crippen LogP contribution in [0.25, 0.3) is 11.0 Å². The lowest BCUT2D eigenvalue weighted by Crippen LogP contribution is -2.44. The number of piperazine rings is 1. The molecule has 0 aliphatic carbocycles. The van der Waals surface area contributed by atoms with E-state index in [1.54, 1.807) is 12.1 Å². The van der Waals surface area contributed by atoms with Crippen molar-refractivity contribution in [3.05, 3.63) is 47.4 Å². The highest BCUT2D eigenvalue weighted by Gasteiger charge is 2.39. The Hall–Kier alpha value is -4.32. The average Bonchev–Trinajstić information content (AvgIpc) is 3.49. The predicted molar refractivity (Wildman–Crippen MR) is 148 cm³/mol. The molecule has 2 aliphatic heterocycles. The maximum atomic E-state index is 12.9. The molecule has 2 aromatic heterocycles. The Morgan fingerprint density at radius 2 is 2.03 bits per heavy atom. The van der Waals surface area contributed by atoms with Gasteiger partial charge in [0.2, 0.25) is 5.95 Å². The van der Waals surface area contributed by atoms with Gasteiger partial charge in [0.15, 0.2) is 11.6 Å². The van der Waals surface area contributed by atoms with Crippen molar-refractivity contribution in [2.45, 2.75) is 46.2 Å². The lowest BCUT2D eigenvalue weighted by molar-refractivity contribution is 0.0977. The van der Waals surface area contributed by atoms with Gasteiger partial charge in [0.05, 0.1) is 0 Å². The van der Waals surface area contributed by atoms with Gasteiger partial charge in [-0.3, -0.25) is 10.2 Å². The van der Waals surface area contributed by atoms with Gasteiger partial charge in [0.1, 0.15) is 23.2 Å². The Bertz CT molecular complexity index is 1460. The van der Waals surface area contributed by atoms with Gasteiger partial charge in [-0.05, 0) is 37.1 Å². The molecule has 12 heteroatoms. The van der Waals surface area contributed by atoms with Crippen LogP contribution in [0.3, 0.4) is 0 Å². The van der Waals surface area contributed by atoms with Gasteiger partial charge in [-0.15, -0.1) is 0 Å². The van der Waals surface area contributed by atoms with Gasteiger partial charge in [-0.2, -0.15) is 4.98 Å². The Morgan fingerprint density at radius 3 is 2.71 bits per heavy atom. The van der Waals surface area contributed by atoms with Crippen LogP contribution in [0.1, 0.15) is 43.1 Å². The second-order valence-electron chi connectivity index (χ2n) is 10.8. The van der Waals surface area contributed by atoms with Crippen LogP contribution in [0.4, 0.5) is 23.3 Å². The minimum atomic E-state index is -0.421. The van der Waals surface area contributed by atoms with E-state index in [0.29, 0.717) is 51.8 Å². The fraction of sp³-hybridized carbons (Fsp3) is 0.385. The van der Waals surface area contributed by atoms with Gasteiger partial charge in [0, 0.05) is 47.5 Å². The number of nitrogens with one attached hydrogen (secondary N) is 4. The number of aryl methyl sites for hydroxylation is 1. The van der Waals surface area contributed by atoms with Crippen LogP contribution >= 0.6 is 0 Å². The molecule has 0 saturated carbocycles. The van der Waals surface area contributed by atoms with Crippen LogP contribution in [-0.4, -0.2) is 56.9 Å². The number of nitrogens with two attached hydrogens (primary N) is 2. The Labute approximate surface area is 220 Å². The zero-order valence-corrected chi connectivity index (χ0v) is 22.0. The summed E-state index contributed by atoms with van der Waals surface area (Å²) in [6.45, 7) is 9.47. The van der Waals surface area contributed by atoms with Crippen molar-refractivity contribution in [1.82, 2.24) is 30.6 Å². The molecule has 4 heterocycles. The van der Waals surface area contributed by atoms with E-state index in [1.807, 2.05) is 33.8 Å². The fourth-order valence-corrected chi connectivity index (χ4v) is 4.61. The number of amidine groups is 1. The van der Waals surface area contributed by atoms with Gasteiger partial charge in [-0.25, -0.2) is 15.0 Å². The van der Waals surface area contributed by atoms with Crippen LogP contribution in [0.5, 0.6) is 0 Å². The van der Waals surface area contributed by atoms with E-state index in [0.717, 1.165) is 25.1 Å². The maximum Gasteiger partial charge on any atom is 0.256 e. The van der Waals surface area contributed by atoms with E-state index in [9.17, 15) is 4.79 Å². The summed E-state index contributed by atoms with van der Waals surface area (Å²) >= 11 is 0. The molecule has 0 spiro atoms. The molecule has 3 aromatic rings. The number of carbonyl (C=O) groups is 1. The molecule has 2 bridgehead atoms. The van der Waals surface area contributed by atoms with Gasteiger partial charge < -0.3 is 32.3 Å². The van der Waals surface area contributed by atoms with Crippen LogP contribution in [0.2, 0.25) is 0 Å². The smallest absolute Gasteiger partial charge is 0.256 e. The molecule has 5 rings (SSSR count). The van der Waals surface area contributed by atoms with Crippen molar-refractivity contribution in [3.8, 4) is 0 Å². The molecule has 2 saturated heterocycles. The second kappa shape index (κ2) is 9.53. The summed E-state index contributed by atoms with van der Waals surface area (Å²) in [4.78, 5) is 33.1. The number of aromatic nitrogens is 4. The summed E-state index contributed by atoms with van der Waals surface area (Å²) in [6.07, 6.45) is 3.93. The molecule has 38 heavy (non-hydrogen) atoms. The number of nitrogens with zero attached hydrogens (tertiary/aromatic N) is 5. The van der Waals surface area contributed by atoms with Crippen molar-refractivity contribution in [2.24, 2.45) is 11.1 Å². The highest BCUT2D eigenvalue weighted by molar-refractivity contribution is 6.09. The third-order valence-electron chi connectivity index (χ3n) is 6.98. The molecule has 8 N–H and O–H groups in total. The first-order valence-corrected chi connectivity index (χ1v) is 12.5. The second-order valence-corrected chi connectivity index (χ2v) is 10.8. The molecule has 2 atom stereocenters. The number of fused-ring (bicyclic) bond motifs is 3. The molecule has 12 nitrogen and oxygen atoms in total. The van der Waals surface area contributed by atoms with Crippen molar-refractivity contribution in [3.63, 3.8) is 0 Å². The van der Waals surface area contributed by atoms with E-state index < -0.39 is 5.91 Å². The van der Waals surface area contributed by atoms with E-state index >= 15 is 0 Å². The number of rotatable bonds is 5. The van der Waals surface area contributed by atoms with E-state index in [4.69, 9.17) is 21.9 Å². The van der Waals surface area contributed by atoms with E-state index in [1.165, 1.54) is 12.4 Å². The number of anilines is 4. The van der Waals surface area contributed by atoms with Crippen molar-refractivity contribution in [1.29, 1.82) is 5.41 Å². The fourth-order valence-electron chi connectivity index (χ4n) is 4.61. The summed E-state index contributed by atoms with van der Waals surface area (Å²) in [5.74, 6) is 0.812. The largest absolute Gasteiger partial charge is 0.401 e. The van der Waals surface area contributed by atoms with Crippen LogP contribution in [-0.2, 0) is 0 Å². The zero-order valence-electron chi connectivity index (χ0n) is 22.0. The third kappa shape index (κ3) is 4.94. The standard InChI is InChI=1S/C26H33N11O/c1-13-5-6-14(24(38)34-19(28)9-18(27)26(2,3)4)7-17(13)33-23-21-20(31-12-32-23)22(29)36-25(35-21)37-11-15-8-16(37)10-30-15/h5-7,9,12,15-16,30H,8,10-11,27H2,1-4H3,(H2,28,34,38)(H2,29,35,36)(H,31,32,33)/t15-,16-/m0/s1. The van der Waals surface area contributed by atoms with Gasteiger partial charge in [-0.1, -0.05) is 26.8 Å². The highest BCUT2D eigenvalue weighted by Crippen LogP contribution is 2.32. The molecule has 198 valence electrons. The minimum absolute atomic E-state index is 0.0789. The summed E-state index contributed by atoms with van der Waals surface area (Å²) in [6, 6.07) is 6.00. The molecular weight excluding hydrogens is 482 g/mol. The van der Waals surface area contributed by atoms with Crippen LogP contribution < -0.4 is 32.3 Å². The Balaban J connectivity index is 1.42. The first-order chi connectivity index (χ1) is 18.0. The first kappa shape index (κ1) is 25.3. The van der Waals surface area contributed by atoms with E-state index in [-0.39, 0.29) is 17.1 Å². The number of nitrogen functional groups attached to an aromatic ring is 1. The molecule has 0 radical (unpaired) electrons. The lowest BCUT2D eigenvalue weighted by atomic mass is 9.92. The number of amides is 1. The minimum Gasteiger partial charge on any atom is -0.401 e. The lowest BCUT2D eigenvalue weighted by Gasteiger charge is -2.27. The number of benzene rings is 1. The number of allylic oxidation sites excluding steroid dienone is 1. The maximum absolute atomic E-state index is 12.9. The van der Waals surface area contributed by atoms with Gasteiger partial charge in [0.25, 0.3) is 5.91 Å². The predicted octanol–water partition coefficient (Wildman–Crippen LogP) is 2.20. The summed E-state index contributed by atoms with van der Waals surface area (Å²) in [7, 11) is 0. The first-order valence-electron chi connectivity index (χ1n) is 12.5. The summed E-state index contributed by atoms with van der Waals surface area (Å²) in [5, 5.41) is 17.5. The van der Waals surface area contributed by atoms with Gasteiger partial charge >= 0.3 is 0 Å². The summed E-state index contributed by atoms with van der Waals surface area (Å²) in [5.41, 5.74) is 15.4. The highest BCUT2D eigenvalue weighted by atomic mass is 16.1. The van der Waals surface area contributed by atoms with Crippen LogP contribution in [0, 0.1) is 17.7 Å². The third-order valence-corrected chi connectivity index (χ3v) is 6.98. The molecule has 1 amide bonds. The van der Waals surface area contributed by atoms with Crippen LogP contribution in [0.15, 0.2) is 36.3 Å². The number of carbonyl (C=O) groups excluding carboxylic acids is 1. The number of hydrogen-bond donors (Lipinski definition) is 6. The Morgan fingerprint density at radius 1 is 1.24 bits per heavy atom. The topological polar surface area (TPSA) is 184 Å². The quantitative estimate of drug-likeness (QED) is 0.217. The Kier molecular flexibility index (Phi) is 6.35. The van der Waals surface area contributed by atoms with Crippen molar-refractivity contribution in [2.75, 3.05) is 29.0 Å². The molecule has 1 aromatic carbocycles.